The number of benzene rings is 2. The number of aliphatic carboxylic acids is 1. The lowest BCUT2D eigenvalue weighted by Gasteiger charge is -2.28. The molecule has 2 aromatic carbocycles. The van der Waals surface area contributed by atoms with E-state index in [1.54, 1.807) is 18.2 Å². The molecule has 2 aromatic rings. The molecule has 2 heterocycles. The Hall–Kier alpha value is -3.12. The molecule has 0 bridgehead atoms. The van der Waals surface area contributed by atoms with Gasteiger partial charge in [-0.1, -0.05) is 41.9 Å². The molecule has 4 rings (SSSR count). The van der Waals surface area contributed by atoms with E-state index in [4.69, 9.17) is 30.5 Å². The van der Waals surface area contributed by atoms with Crippen molar-refractivity contribution >= 4 is 22.6 Å². The first-order valence-corrected chi connectivity index (χ1v) is 9.97. The number of ether oxygens (including phenoxy) is 4. The van der Waals surface area contributed by atoms with Gasteiger partial charge in [0.15, 0.2) is 11.9 Å². The van der Waals surface area contributed by atoms with Crippen molar-refractivity contribution in [2.45, 2.75) is 38.8 Å². The van der Waals surface area contributed by atoms with Crippen LogP contribution in [0.25, 0.3) is 5.03 Å². The van der Waals surface area contributed by atoms with Gasteiger partial charge in [-0.15, -0.1) is 0 Å². The maximum Gasteiger partial charge on any atom is 0.337 e. The van der Waals surface area contributed by atoms with E-state index in [1.165, 1.54) is 6.26 Å². The summed E-state index contributed by atoms with van der Waals surface area (Å²) in [6, 6.07) is 14.9. The number of fused-ring (bicyclic) bond motifs is 1. The first-order chi connectivity index (χ1) is 14.4. The summed E-state index contributed by atoms with van der Waals surface area (Å²) in [4.78, 5) is 12.0. The average Bonchev–Trinajstić information content (AvgIpc) is 3.16. The topological polar surface area (TPSA) is 74.2 Å². The van der Waals surface area contributed by atoms with Crippen molar-refractivity contribution in [1.29, 1.82) is 0 Å². The minimum Gasteiger partial charge on any atom is -0.491 e. The van der Waals surface area contributed by atoms with Gasteiger partial charge >= 0.3 is 5.97 Å². The molecule has 0 spiro atoms. The second-order valence-corrected chi connectivity index (χ2v) is 7.63. The molecule has 0 radical (unpaired) electrons. The number of carboxylic acids is 1. The second-order valence-electron chi connectivity index (χ2n) is 7.25. The normalized spacial score (nSPS) is 20.1. The summed E-state index contributed by atoms with van der Waals surface area (Å²) < 4.78 is 23.1. The summed E-state index contributed by atoms with van der Waals surface area (Å²) in [6.07, 6.45) is 0.299. The maximum atomic E-state index is 12.0. The highest BCUT2D eigenvalue weighted by atomic mass is 35.5. The number of carboxylic acid groups (broad SMARTS) is 1. The standard InChI is InChI=1S/C23H21ClO6/c1-13(2)28-15-8-9-17-16(11-15)21(24)20(23(25)26)22(30-17)18-12-27-19(29-18)10-14-6-4-3-5-7-14/h3-9,11-13,19,22H,10H2,1-2H3,(H,25,26). The van der Waals surface area contributed by atoms with Crippen molar-refractivity contribution in [3.8, 4) is 11.5 Å². The van der Waals surface area contributed by atoms with E-state index in [0.717, 1.165) is 5.56 Å². The van der Waals surface area contributed by atoms with Gasteiger partial charge in [0.25, 0.3) is 0 Å². The zero-order valence-corrected chi connectivity index (χ0v) is 17.3. The fourth-order valence-corrected chi connectivity index (χ4v) is 3.68. The molecule has 0 aliphatic carbocycles. The van der Waals surface area contributed by atoms with Crippen molar-refractivity contribution in [1.82, 2.24) is 0 Å². The van der Waals surface area contributed by atoms with Gasteiger partial charge < -0.3 is 24.1 Å². The van der Waals surface area contributed by atoms with Crippen LogP contribution in [-0.4, -0.2) is 29.6 Å². The smallest absolute Gasteiger partial charge is 0.337 e. The summed E-state index contributed by atoms with van der Waals surface area (Å²) >= 11 is 6.50. The maximum absolute atomic E-state index is 12.0. The summed E-state index contributed by atoms with van der Waals surface area (Å²) in [5, 5.41) is 9.89. The Bertz CT molecular complexity index is 1010. The average molecular weight is 429 g/mol. The van der Waals surface area contributed by atoms with Gasteiger partial charge in [0.2, 0.25) is 6.29 Å². The first kappa shape index (κ1) is 20.2. The van der Waals surface area contributed by atoms with Gasteiger partial charge in [-0.3, -0.25) is 0 Å². The highest BCUT2D eigenvalue weighted by molar-refractivity contribution is 6.51. The van der Waals surface area contributed by atoms with E-state index in [2.05, 4.69) is 0 Å². The molecule has 0 aromatic heterocycles. The quantitative estimate of drug-likeness (QED) is 0.717. The molecular weight excluding hydrogens is 408 g/mol. The summed E-state index contributed by atoms with van der Waals surface area (Å²) in [5.41, 5.74) is 1.39. The highest BCUT2D eigenvalue weighted by Crippen LogP contribution is 2.43. The number of halogens is 1. The molecule has 0 saturated carbocycles. The van der Waals surface area contributed by atoms with Gasteiger partial charge in [0, 0.05) is 12.0 Å². The monoisotopic (exact) mass is 428 g/mol. The largest absolute Gasteiger partial charge is 0.491 e. The number of rotatable bonds is 6. The van der Waals surface area contributed by atoms with E-state index in [9.17, 15) is 9.90 Å². The molecule has 7 heteroatoms. The van der Waals surface area contributed by atoms with Gasteiger partial charge in [-0.2, -0.15) is 0 Å². The SMILES string of the molecule is CC(C)Oc1ccc2c(c1)C(Cl)=C(C(=O)O)C(C1=COC(Cc3ccccc3)O1)O2. The molecule has 1 N–H and O–H groups in total. The Morgan fingerprint density at radius 2 is 1.93 bits per heavy atom. The van der Waals surface area contributed by atoms with Crippen LogP contribution in [-0.2, 0) is 20.7 Å². The highest BCUT2D eigenvalue weighted by Gasteiger charge is 2.39. The van der Waals surface area contributed by atoms with E-state index in [0.29, 0.717) is 23.5 Å². The van der Waals surface area contributed by atoms with Crippen LogP contribution in [0.2, 0.25) is 0 Å². The lowest BCUT2D eigenvalue weighted by molar-refractivity contribution is -0.133. The van der Waals surface area contributed by atoms with Crippen LogP contribution in [0.3, 0.4) is 0 Å². The fourth-order valence-electron chi connectivity index (χ4n) is 3.35. The predicted octanol–water partition coefficient (Wildman–Crippen LogP) is 4.73. The van der Waals surface area contributed by atoms with Gasteiger partial charge in [-0.25, -0.2) is 4.79 Å². The minimum atomic E-state index is -1.19. The van der Waals surface area contributed by atoms with E-state index in [1.807, 2.05) is 44.2 Å². The van der Waals surface area contributed by atoms with Crippen LogP contribution in [0.5, 0.6) is 11.5 Å². The van der Waals surface area contributed by atoms with E-state index >= 15 is 0 Å². The van der Waals surface area contributed by atoms with Gasteiger partial charge in [0.05, 0.1) is 11.1 Å². The van der Waals surface area contributed by atoms with E-state index < -0.39 is 18.4 Å². The van der Waals surface area contributed by atoms with Crippen molar-refractivity contribution in [3.63, 3.8) is 0 Å². The molecule has 6 nitrogen and oxygen atoms in total. The van der Waals surface area contributed by atoms with Crippen molar-refractivity contribution in [2.75, 3.05) is 0 Å². The molecule has 156 valence electrons. The third kappa shape index (κ3) is 4.09. The molecule has 2 aliphatic rings. The van der Waals surface area contributed by atoms with Crippen LogP contribution in [0.4, 0.5) is 0 Å². The number of hydrogen-bond donors (Lipinski definition) is 1. The Balaban J connectivity index is 1.58. The van der Waals surface area contributed by atoms with Crippen molar-refractivity contribution in [3.05, 3.63) is 77.3 Å². The molecule has 2 aliphatic heterocycles. The van der Waals surface area contributed by atoms with Crippen LogP contribution < -0.4 is 9.47 Å². The third-order valence-corrected chi connectivity index (χ3v) is 5.05. The first-order valence-electron chi connectivity index (χ1n) is 9.59. The van der Waals surface area contributed by atoms with E-state index in [-0.39, 0.29) is 22.5 Å². The molecule has 30 heavy (non-hydrogen) atoms. The fraction of sp³-hybridized carbons (Fsp3) is 0.261. The number of hydrogen-bond acceptors (Lipinski definition) is 5. The Kier molecular flexibility index (Phi) is 5.59. The number of carbonyl (C=O) groups is 1. The van der Waals surface area contributed by atoms with Crippen LogP contribution in [0.1, 0.15) is 25.0 Å². The zero-order valence-electron chi connectivity index (χ0n) is 16.5. The van der Waals surface area contributed by atoms with Gasteiger partial charge in [-0.05, 0) is 37.6 Å². The summed E-state index contributed by atoms with van der Waals surface area (Å²) in [5.74, 6) is 0.0971. The summed E-state index contributed by atoms with van der Waals surface area (Å²) in [6.45, 7) is 3.81. The second kappa shape index (κ2) is 8.32. The molecule has 0 amide bonds. The Morgan fingerprint density at radius 1 is 1.17 bits per heavy atom. The third-order valence-electron chi connectivity index (χ3n) is 4.64. The zero-order chi connectivity index (χ0) is 21.3. The lowest BCUT2D eigenvalue weighted by Crippen LogP contribution is -2.31. The molecule has 2 atom stereocenters. The van der Waals surface area contributed by atoms with Crippen LogP contribution in [0.15, 0.2) is 66.1 Å². The Labute approximate surface area is 179 Å². The molecule has 0 fully saturated rings. The Morgan fingerprint density at radius 3 is 2.63 bits per heavy atom. The molecular formula is C23H21ClO6. The van der Waals surface area contributed by atoms with Gasteiger partial charge in [0.1, 0.15) is 23.3 Å². The lowest BCUT2D eigenvalue weighted by atomic mass is 10.00. The minimum absolute atomic E-state index is 0.0299. The molecule has 2 unspecified atom stereocenters. The predicted molar refractivity (Wildman–Crippen MR) is 111 cm³/mol. The summed E-state index contributed by atoms with van der Waals surface area (Å²) in [7, 11) is 0. The van der Waals surface area contributed by atoms with Crippen LogP contribution in [0, 0.1) is 0 Å². The van der Waals surface area contributed by atoms with Crippen molar-refractivity contribution < 1.29 is 28.8 Å². The van der Waals surface area contributed by atoms with Crippen LogP contribution >= 0.6 is 11.6 Å². The molecule has 0 saturated heterocycles. The van der Waals surface area contributed by atoms with Crippen molar-refractivity contribution in [2.24, 2.45) is 0 Å².